The molecule has 78 valence electrons. The van der Waals surface area contributed by atoms with Gasteiger partial charge in [0.25, 0.3) is 0 Å². The molecular weight excluding hydrogens is 263 g/mol. The van der Waals surface area contributed by atoms with Crippen molar-refractivity contribution in [3.63, 3.8) is 0 Å². The number of nitrogens with zero attached hydrogens (tertiary/aromatic N) is 2. The molecule has 0 unspecified atom stereocenters. The van der Waals surface area contributed by atoms with Crippen molar-refractivity contribution in [1.82, 2.24) is 9.55 Å². The van der Waals surface area contributed by atoms with E-state index >= 15 is 0 Å². The third-order valence-electron chi connectivity index (χ3n) is 1.81. The molecule has 0 N–H and O–H groups in total. The van der Waals surface area contributed by atoms with E-state index in [0.717, 1.165) is 0 Å². The minimum atomic E-state index is -0.333. The summed E-state index contributed by atoms with van der Waals surface area (Å²) in [4.78, 5) is 4.07. The number of aromatic nitrogens is 2. The standard InChI is InChI=1S/C10H8BrFN2O/c1-14-6-9(11)13-10(14)15-8-4-2-3-7(12)5-8/h2-6H,1H3. The number of hydrogen-bond acceptors (Lipinski definition) is 2. The Balaban J connectivity index is 2.25. The highest BCUT2D eigenvalue weighted by atomic mass is 79.9. The van der Waals surface area contributed by atoms with Crippen LogP contribution in [0.3, 0.4) is 0 Å². The Morgan fingerprint density at radius 2 is 2.27 bits per heavy atom. The summed E-state index contributed by atoms with van der Waals surface area (Å²) in [5, 5.41) is 0. The highest BCUT2D eigenvalue weighted by molar-refractivity contribution is 9.10. The van der Waals surface area contributed by atoms with Gasteiger partial charge in [0.1, 0.15) is 16.2 Å². The molecule has 2 aromatic rings. The molecule has 2 rings (SSSR count). The van der Waals surface area contributed by atoms with E-state index < -0.39 is 0 Å². The van der Waals surface area contributed by atoms with Crippen molar-refractivity contribution in [3.05, 3.63) is 40.9 Å². The number of ether oxygens (including phenoxy) is 1. The van der Waals surface area contributed by atoms with E-state index in [9.17, 15) is 4.39 Å². The molecule has 3 nitrogen and oxygen atoms in total. The number of aryl methyl sites for hydroxylation is 1. The van der Waals surface area contributed by atoms with Crippen LogP contribution in [0.4, 0.5) is 4.39 Å². The summed E-state index contributed by atoms with van der Waals surface area (Å²) in [6.07, 6.45) is 1.76. The van der Waals surface area contributed by atoms with Gasteiger partial charge in [0.05, 0.1) is 0 Å². The highest BCUT2D eigenvalue weighted by Gasteiger charge is 2.05. The van der Waals surface area contributed by atoms with Gasteiger partial charge in [0.2, 0.25) is 0 Å². The Hall–Kier alpha value is -1.36. The lowest BCUT2D eigenvalue weighted by Crippen LogP contribution is -1.93. The largest absolute Gasteiger partial charge is 0.425 e. The van der Waals surface area contributed by atoms with Crippen LogP contribution < -0.4 is 4.74 Å². The molecule has 0 aliphatic heterocycles. The number of halogens is 2. The molecule has 0 spiro atoms. The maximum Gasteiger partial charge on any atom is 0.302 e. The van der Waals surface area contributed by atoms with Gasteiger partial charge in [0.15, 0.2) is 0 Å². The predicted octanol–water partition coefficient (Wildman–Crippen LogP) is 3.11. The molecule has 0 aliphatic carbocycles. The summed E-state index contributed by atoms with van der Waals surface area (Å²) in [7, 11) is 1.80. The number of benzene rings is 1. The van der Waals surface area contributed by atoms with E-state index in [4.69, 9.17) is 4.74 Å². The van der Waals surface area contributed by atoms with Crippen molar-refractivity contribution >= 4 is 15.9 Å². The van der Waals surface area contributed by atoms with Crippen LogP contribution in [0.15, 0.2) is 35.1 Å². The SMILES string of the molecule is Cn1cc(Br)nc1Oc1cccc(F)c1. The smallest absolute Gasteiger partial charge is 0.302 e. The number of imidazole rings is 1. The Morgan fingerprint density at radius 3 is 2.87 bits per heavy atom. The number of hydrogen-bond donors (Lipinski definition) is 0. The normalized spacial score (nSPS) is 10.3. The van der Waals surface area contributed by atoms with Gasteiger partial charge in [-0.15, -0.1) is 0 Å². The molecule has 5 heteroatoms. The molecule has 0 amide bonds. The van der Waals surface area contributed by atoms with Crippen LogP contribution in [-0.4, -0.2) is 9.55 Å². The average molecular weight is 271 g/mol. The van der Waals surface area contributed by atoms with E-state index in [0.29, 0.717) is 16.4 Å². The summed E-state index contributed by atoms with van der Waals surface area (Å²) >= 11 is 3.22. The number of rotatable bonds is 2. The fourth-order valence-electron chi connectivity index (χ4n) is 1.14. The molecule has 0 aliphatic rings. The van der Waals surface area contributed by atoms with Crippen LogP contribution in [0.2, 0.25) is 0 Å². The first-order valence-corrected chi connectivity index (χ1v) is 5.07. The summed E-state index contributed by atoms with van der Waals surface area (Å²) in [5.41, 5.74) is 0. The first kappa shape index (κ1) is 10.2. The van der Waals surface area contributed by atoms with Crippen molar-refractivity contribution in [2.75, 3.05) is 0 Å². The van der Waals surface area contributed by atoms with Gasteiger partial charge in [0, 0.05) is 19.3 Å². The lowest BCUT2D eigenvalue weighted by atomic mass is 10.3. The molecule has 1 heterocycles. The second-order valence-corrected chi connectivity index (χ2v) is 3.83. The van der Waals surface area contributed by atoms with Gasteiger partial charge < -0.3 is 9.30 Å². The molecule has 1 aromatic heterocycles. The van der Waals surface area contributed by atoms with Crippen LogP contribution >= 0.6 is 15.9 Å². The molecule has 0 fully saturated rings. The van der Waals surface area contributed by atoms with Crippen molar-refractivity contribution in [3.8, 4) is 11.8 Å². The van der Waals surface area contributed by atoms with Gasteiger partial charge in [-0.3, -0.25) is 0 Å². The maximum absolute atomic E-state index is 12.9. The fraction of sp³-hybridized carbons (Fsp3) is 0.100. The highest BCUT2D eigenvalue weighted by Crippen LogP contribution is 2.22. The zero-order chi connectivity index (χ0) is 10.8. The first-order chi connectivity index (χ1) is 7.15. The molecule has 0 saturated heterocycles. The predicted molar refractivity (Wildman–Crippen MR) is 57.4 cm³/mol. The first-order valence-electron chi connectivity index (χ1n) is 4.27. The molecule has 0 bridgehead atoms. The van der Waals surface area contributed by atoms with E-state index in [2.05, 4.69) is 20.9 Å². The summed E-state index contributed by atoms with van der Waals surface area (Å²) in [6.45, 7) is 0. The van der Waals surface area contributed by atoms with E-state index in [-0.39, 0.29) is 5.82 Å². The van der Waals surface area contributed by atoms with Crippen LogP contribution in [0.1, 0.15) is 0 Å². The van der Waals surface area contributed by atoms with Gasteiger partial charge in [-0.05, 0) is 28.1 Å². The van der Waals surface area contributed by atoms with Crippen molar-refractivity contribution in [1.29, 1.82) is 0 Å². The lowest BCUT2D eigenvalue weighted by Gasteiger charge is -2.03. The lowest BCUT2D eigenvalue weighted by molar-refractivity contribution is 0.421. The Labute approximate surface area is 94.6 Å². The van der Waals surface area contributed by atoms with E-state index in [1.807, 2.05) is 0 Å². The van der Waals surface area contributed by atoms with Crippen LogP contribution in [0, 0.1) is 5.82 Å². The quantitative estimate of drug-likeness (QED) is 0.839. The molecule has 1 aromatic carbocycles. The van der Waals surface area contributed by atoms with Crippen LogP contribution in [0.25, 0.3) is 0 Å². The second-order valence-electron chi connectivity index (χ2n) is 3.02. The van der Waals surface area contributed by atoms with Crippen molar-refractivity contribution in [2.45, 2.75) is 0 Å². The van der Waals surface area contributed by atoms with Gasteiger partial charge in [-0.2, -0.15) is 4.98 Å². The zero-order valence-electron chi connectivity index (χ0n) is 7.95. The second kappa shape index (κ2) is 4.02. The van der Waals surface area contributed by atoms with Gasteiger partial charge in [-0.25, -0.2) is 4.39 Å². The van der Waals surface area contributed by atoms with E-state index in [1.54, 1.807) is 29.9 Å². The third kappa shape index (κ3) is 2.36. The fourth-order valence-corrected chi connectivity index (χ4v) is 1.60. The summed E-state index contributed by atoms with van der Waals surface area (Å²) < 4.78 is 20.6. The van der Waals surface area contributed by atoms with E-state index in [1.165, 1.54) is 12.1 Å². The molecule has 0 saturated carbocycles. The molecular formula is C10H8BrFN2O. The van der Waals surface area contributed by atoms with Crippen LogP contribution in [-0.2, 0) is 7.05 Å². The van der Waals surface area contributed by atoms with Crippen molar-refractivity contribution in [2.24, 2.45) is 7.05 Å². The minimum Gasteiger partial charge on any atom is -0.425 e. The minimum absolute atomic E-state index is 0.333. The van der Waals surface area contributed by atoms with Gasteiger partial charge >= 0.3 is 6.01 Å². The third-order valence-corrected chi connectivity index (χ3v) is 2.19. The van der Waals surface area contributed by atoms with Crippen LogP contribution in [0.5, 0.6) is 11.8 Å². The molecule has 0 radical (unpaired) electrons. The zero-order valence-corrected chi connectivity index (χ0v) is 9.53. The monoisotopic (exact) mass is 270 g/mol. The summed E-state index contributed by atoms with van der Waals surface area (Å²) in [6, 6.07) is 6.34. The Kier molecular flexibility index (Phi) is 2.73. The Morgan fingerprint density at radius 1 is 1.47 bits per heavy atom. The summed E-state index contributed by atoms with van der Waals surface area (Å²) in [5.74, 6) is 0.0944. The molecule has 15 heavy (non-hydrogen) atoms. The molecule has 0 atom stereocenters. The average Bonchev–Trinajstić information content (AvgIpc) is 2.45. The topological polar surface area (TPSA) is 27.1 Å². The van der Waals surface area contributed by atoms with Gasteiger partial charge in [-0.1, -0.05) is 6.07 Å². The maximum atomic E-state index is 12.9. The Bertz CT molecular complexity index is 484. The van der Waals surface area contributed by atoms with Crippen molar-refractivity contribution < 1.29 is 9.13 Å².